The van der Waals surface area contributed by atoms with Crippen LogP contribution in [0.5, 0.6) is 0 Å². The van der Waals surface area contributed by atoms with Crippen LogP contribution in [0.4, 0.5) is 5.82 Å². The number of anilines is 1. The fraction of sp³-hybridized carbons (Fsp3) is 0.583. The van der Waals surface area contributed by atoms with E-state index in [1.54, 1.807) is 0 Å². The van der Waals surface area contributed by atoms with Gasteiger partial charge in [0.15, 0.2) is 0 Å². The fourth-order valence-corrected chi connectivity index (χ4v) is 2.17. The number of nitrogens with one attached hydrogen (secondary N) is 1. The van der Waals surface area contributed by atoms with Gasteiger partial charge in [-0.05, 0) is 44.0 Å². The van der Waals surface area contributed by atoms with Gasteiger partial charge in [-0.2, -0.15) is 0 Å². The van der Waals surface area contributed by atoms with E-state index in [9.17, 15) is 0 Å². The Balaban J connectivity index is 2.22. The fourth-order valence-electron chi connectivity index (χ4n) is 2.17. The Bertz CT molecular complexity index is 336. The molecule has 0 atom stereocenters. The van der Waals surface area contributed by atoms with Crippen molar-refractivity contribution in [3.63, 3.8) is 0 Å². The zero-order chi connectivity index (χ0) is 10.7. The highest BCUT2D eigenvalue weighted by Gasteiger charge is 2.18. The molecule has 3 heteroatoms. The summed E-state index contributed by atoms with van der Waals surface area (Å²) in [4.78, 5) is 6.90. The van der Waals surface area contributed by atoms with Gasteiger partial charge < -0.3 is 10.2 Å². The smallest absolute Gasteiger partial charge is 0.132 e. The third kappa shape index (κ3) is 2.12. The summed E-state index contributed by atoms with van der Waals surface area (Å²) < 4.78 is 0. The molecule has 3 nitrogen and oxygen atoms in total. The Morgan fingerprint density at radius 2 is 2.40 bits per heavy atom. The number of hydrogen-bond acceptors (Lipinski definition) is 3. The maximum atomic E-state index is 4.51. The first-order valence-electron chi connectivity index (χ1n) is 5.67. The van der Waals surface area contributed by atoms with E-state index in [0.29, 0.717) is 0 Å². The van der Waals surface area contributed by atoms with Crippen LogP contribution in [0, 0.1) is 6.92 Å². The lowest BCUT2D eigenvalue weighted by atomic mass is 10.0. The predicted molar refractivity (Wildman–Crippen MR) is 63.4 cm³/mol. The van der Waals surface area contributed by atoms with Gasteiger partial charge in [0.25, 0.3) is 0 Å². The van der Waals surface area contributed by atoms with Crippen molar-refractivity contribution in [1.29, 1.82) is 0 Å². The Hall–Kier alpha value is -1.09. The van der Waals surface area contributed by atoms with Gasteiger partial charge in [0.1, 0.15) is 5.82 Å². The monoisotopic (exact) mass is 205 g/mol. The minimum absolute atomic E-state index is 1.02. The SMILES string of the molecule is CNCCN1CCCc2c(C)ccnc21. The van der Waals surface area contributed by atoms with Gasteiger partial charge in [0.2, 0.25) is 0 Å². The van der Waals surface area contributed by atoms with Gasteiger partial charge in [-0.15, -0.1) is 0 Å². The highest BCUT2D eigenvalue weighted by Crippen LogP contribution is 2.26. The minimum Gasteiger partial charge on any atom is -0.355 e. The maximum Gasteiger partial charge on any atom is 0.132 e. The van der Waals surface area contributed by atoms with E-state index >= 15 is 0 Å². The summed E-state index contributed by atoms with van der Waals surface area (Å²) in [6, 6.07) is 2.11. The highest BCUT2D eigenvalue weighted by molar-refractivity contribution is 5.52. The molecule has 15 heavy (non-hydrogen) atoms. The van der Waals surface area contributed by atoms with Gasteiger partial charge in [0.05, 0.1) is 0 Å². The number of fused-ring (bicyclic) bond motifs is 1. The number of aromatic nitrogens is 1. The molecule has 1 aromatic rings. The van der Waals surface area contributed by atoms with Crippen LogP contribution in [0.1, 0.15) is 17.5 Å². The molecule has 1 N–H and O–H groups in total. The number of pyridine rings is 1. The molecule has 0 fully saturated rings. The first kappa shape index (κ1) is 10.4. The van der Waals surface area contributed by atoms with E-state index in [-0.39, 0.29) is 0 Å². The van der Waals surface area contributed by atoms with Gasteiger partial charge in [-0.25, -0.2) is 4.98 Å². The zero-order valence-electron chi connectivity index (χ0n) is 9.58. The molecule has 82 valence electrons. The first-order valence-corrected chi connectivity index (χ1v) is 5.67. The Morgan fingerprint density at radius 1 is 1.53 bits per heavy atom. The van der Waals surface area contributed by atoms with Crippen molar-refractivity contribution in [2.24, 2.45) is 0 Å². The summed E-state index contributed by atoms with van der Waals surface area (Å²) in [5.74, 6) is 1.21. The van der Waals surface area contributed by atoms with Gasteiger partial charge in [-0.3, -0.25) is 0 Å². The average molecular weight is 205 g/mol. The van der Waals surface area contributed by atoms with Crippen molar-refractivity contribution in [2.45, 2.75) is 19.8 Å². The molecule has 0 amide bonds. The Labute approximate surface area is 91.5 Å². The van der Waals surface area contributed by atoms with E-state index in [4.69, 9.17) is 0 Å². The standard InChI is InChI=1S/C12H19N3/c1-10-5-6-14-12-11(10)4-3-8-15(12)9-7-13-2/h5-6,13H,3-4,7-9H2,1-2H3. The van der Waals surface area contributed by atoms with Gasteiger partial charge in [0, 0.05) is 25.8 Å². The topological polar surface area (TPSA) is 28.2 Å². The van der Waals surface area contributed by atoms with Crippen LogP contribution in [0.15, 0.2) is 12.3 Å². The molecule has 0 saturated heterocycles. The lowest BCUT2D eigenvalue weighted by molar-refractivity contribution is 0.652. The van der Waals surface area contributed by atoms with Crippen molar-refractivity contribution in [3.05, 3.63) is 23.4 Å². The molecule has 0 spiro atoms. The lowest BCUT2D eigenvalue weighted by Gasteiger charge is -2.30. The van der Waals surface area contributed by atoms with Crippen molar-refractivity contribution >= 4 is 5.82 Å². The number of rotatable bonds is 3. The van der Waals surface area contributed by atoms with E-state index < -0.39 is 0 Å². The maximum absolute atomic E-state index is 4.51. The van der Waals surface area contributed by atoms with Crippen LogP contribution in [0.25, 0.3) is 0 Å². The second-order valence-corrected chi connectivity index (χ2v) is 4.12. The summed E-state index contributed by atoms with van der Waals surface area (Å²) in [5, 5.41) is 3.19. The molecule has 1 aliphatic rings. The molecule has 0 unspecified atom stereocenters. The number of aryl methyl sites for hydroxylation is 1. The van der Waals surface area contributed by atoms with Crippen LogP contribution < -0.4 is 10.2 Å². The molecule has 1 aromatic heterocycles. The third-order valence-electron chi connectivity index (χ3n) is 3.05. The Kier molecular flexibility index (Phi) is 3.21. The van der Waals surface area contributed by atoms with Crippen LogP contribution in [-0.2, 0) is 6.42 Å². The summed E-state index contributed by atoms with van der Waals surface area (Å²) in [5.41, 5.74) is 2.83. The van der Waals surface area contributed by atoms with E-state index in [2.05, 4.69) is 28.2 Å². The van der Waals surface area contributed by atoms with E-state index in [0.717, 1.165) is 19.6 Å². The summed E-state index contributed by atoms with van der Waals surface area (Å²) in [6.07, 6.45) is 4.36. The van der Waals surface area contributed by atoms with Crippen LogP contribution >= 0.6 is 0 Å². The van der Waals surface area contributed by atoms with Gasteiger partial charge in [-0.1, -0.05) is 0 Å². The van der Waals surface area contributed by atoms with E-state index in [1.807, 2.05) is 13.2 Å². The summed E-state index contributed by atoms with van der Waals surface area (Å²) >= 11 is 0. The molecule has 0 aromatic carbocycles. The molecular formula is C12H19N3. The summed E-state index contributed by atoms with van der Waals surface area (Å²) in [7, 11) is 1.99. The molecule has 2 heterocycles. The molecule has 2 rings (SSSR count). The highest BCUT2D eigenvalue weighted by atomic mass is 15.2. The zero-order valence-corrected chi connectivity index (χ0v) is 9.58. The molecule has 0 aliphatic carbocycles. The van der Waals surface area contributed by atoms with Crippen LogP contribution in [0.2, 0.25) is 0 Å². The molecule has 0 saturated carbocycles. The van der Waals surface area contributed by atoms with Crippen molar-refractivity contribution < 1.29 is 0 Å². The molecule has 1 aliphatic heterocycles. The number of likely N-dealkylation sites (N-methyl/N-ethyl adjacent to an activating group) is 1. The number of nitrogens with zero attached hydrogens (tertiary/aromatic N) is 2. The van der Waals surface area contributed by atoms with E-state index in [1.165, 1.54) is 29.8 Å². The quantitative estimate of drug-likeness (QED) is 0.807. The van der Waals surface area contributed by atoms with Crippen molar-refractivity contribution in [2.75, 3.05) is 31.6 Å². The first-order chi connectivity index (χ1) is 7.33. The van der Waals surface area contributed by atoms with Crippen LogP contribution in [0.3, 0.4) is 0 Å². The van der Waals surface area contributed by atoms with Crippen molar-refractivity contribution in [3.8, 4) is 0 Å². The average Bonchev–Trinajstić information content (AvgIpc) is 2.27. The second-order valence-electron chi connectivity index (χ2n) is 4.12. The summed E-state index contributed by atoms with van der Waals surface area (Å²) in [6.45, 7) is 5.40. The number of hydrogen-bond donors (Lipinski definition) is 1. The Morgan fingerprint density at radius 3 is 3.20 bits per heavy atom. The van der Waals surface area contributed by atoms with Crippen LogP contribution in [-0.4, -0.2) is 31.7 Å². The minimum atomic E-state index is 1.02. The largest absolute Gasteiger partial charge is 0.355 e. The molecular weight excluding hydrogens is 186 g/mol. The normalized spacial score (nSPS) is 15.2. The third-order valence-corrected chi connectivity index (χ3v) is 3.05. The predicted octanol–water partition coefficient (Wildman–Crippen LogP) is 1.36. The molecule has 0 radical (unpaired) electrons. The van der Waals surface area contributed by atoms with Gasteiger partial charge >= 0.3 is 0 Å². The lowest BCUT2D eigenvalue weighted by Crippen LogP contribution is -2.35. The van der Waals surface area contributed by atoms with Crippen molar-refractivity contribution in [1.82, 2.24) is 10.3 Å². The second kappa shape index (κ2) is 4.62. The molecule has 0 bridgehead atoms.